The van der Waals surface area contributed by atoms with Gasteiger partial charge >= 0.3 is 0 Å². The van der Waals surface area contributed by atoms with Crippen LogP contribution in [-0.2, 0) is 5.75 Å². The van der Waals surface area contributed by atoms with Crippen LogP contribution in [0.3, 0.4) is 0 Å². The average Bonchev–Trinajstić information content (AvgIpc) is 3.07. The minimum absolute atomic E-state index is 0.583. The highest BCUT2D eigenvalue weighted by atomic mass is 32.2. The predicted molar refractivity (Wildman–Crippen MR) is 68.4 cm³/mol. The molecule has 0 radical (unpaired) electrons. The van der Waals surface area contributed by atoms with Crippen molar-refractivity contribution >= 4 is 11.8 Å². The summed E-state index contributed by atoms with van der Waals surface area (Å²) in [6.45, 7) is 1.92. The highest BCUT2D eigenvalue weighted by molar-refractivity contribution is 7.98. The minimum Gasteiger partial charge on any atom is -0.360 e. The lowest BCUT2D eigenvalue weighted by Gasteiger charge is -2.01. The molecule has 2 aromatic rings. The van der Waals surface area contributed by atoms with Crippen LogP contribution in [0.25, 0.3) is 0 Å². The molecular formula is C12H16N4OS. The first kappa shape index (κ1) is 11.8. The van der Waals surface area contributed by atoms with Crippen LogP contribution in [0.1, 0.15) is 48.9 Å². The number of nitrogens with zero attached hydrogens (tertiary/aromatic N) is 3. The van der Waals surface area contributed by atoms with E-state index in [1.165, 1.54) is 25.7 Å². The molecule has 1 saturated carbocycles. The van der Waals surface area contributed by atoms with E-state index in [0.29, 0.717) is 5.92 Å². The zero-order valence-corrected chi connectivity index (χ0v) is 11.2. The molecule has 0 saturated heterocycles. The van der Waals surface area contributed by atoms with Crippen LogP contribution in [0.2, 0.25) is 0 Å². The van der Waals surface area contributed by atoms with Gasteiger partial charge in [-0.2, -0.15) is 0 Å². The Hall–Kier alpha value is -1.30. The van der Waals surface area contributed by atoms with Crippen molar-refractivity contribution in [3.8, 4) is 0 Å². The Morgan fingerprint density at radius 3 is 3.00 bits per heavy atom. The highest BCUT2D eigenvalue weighted by Gasteiger charge is 2.20. The van der Waals surface area contributed by atoms with Gasteiger partial charge in [0, 0.05) is 12.0 Å². The van der Waals surface area contributed by atoms with Crippen LogP contribution in [-0.4, -0.2) is 20.3 Å². The van der Waals surface area contributed by atoms with E-state index in [1.54, 1.807) is 11.8 Å². The number of aromatic amines is 1. The fourth-order valence-corrected chi connectivity index (χ4v) is 3.01. The lowest BCUT2D eigenvalue weighted by atomic mass is 10.1. The van der Waals surface area contributed by atoms with Crippen LogP contribution in [0, 0.1) is 6.92 Å². The molecule has 96 valence electrons. The number of H-pyrrole nitrogens is 1. The number of thioether (sulfide) groups is 1. The lowest BCUT2D eigenvalue weighted by molar-refractivity contribution is 0.391. The molecule has 0 aliphatic heterocycles. The summed E-state index contributed by atoms with van der Waals surface area (Å²) in [6, 6.07) is 1.94. The largest absolute Gasteiger partial charge is 0.360 e. The summed E-state index contributed by atoms with van der Waals surface area (Å²) in [5.74, 6) is 3.22. The molecule has 0 unspecified atom stereocenters. The molecule has 5 nitrogen and oxygen atoms in total. The summed E-state index contributed by atoms with van der Waals surface area (Å²) in [5, 5.41) is 12.0. The topological polar surface area (TPSA) is 67.6 Å². The van der Waals surface area contributed by atoms with Gasteiger partial charge in [-0.3, -0.25) is 5.10 Å². The predicted octanol–water partition coefficient (Wildman–Crippen LogP) is 3.05. The van der Waals surface area contributed by atoms with Crippen molar-refractivity contribution in [2.75, 3.05) is 0 Å². The molecule has 2 aromatic heterocycles. The molecule has 0 bridgehead atoms. The molecule has 0 amide bonds. The first-order valence-electron chi connectivity index (χ1n) is 6.28. The van der Waals surface area contributed by atoms with Gasteiger partial charge in [0.2, 0.25) is 5.16 Å². The van der Waals surface area contributed by atoms with Crippen LogP contribution in [0.15, 0.2) is 15.7 Å². The summed E-state index contributed by atoms with van der Waals surface area (Å²) in [7, 11) is 0. The third kappa shape index (κ3) is 2.58. The minimum atomic E-state index is 0.583. The maximum atomic E-state index is 5.16. The van der Waals surface area contributed by atoms with Gasteiger partial charge in [0.05, 0.1) is 11.4 Å². The smallest absolute Gasteiger partial charge is 0.208 e. The fourth-order valence-electron chi connectivity index (χ4n) is 2.32. The zero-order valence-electron chi connectivity index (χ0n) is 10.3. The number of hydrogen-bond acceptors (Lipinski definition) is 5. The monoisotopic (exact) mass is 264 g/mol. The van der Waals surface area contributed by atoms with Crippen molar-refractivity contribution in [2.24, 2.45) is 0 Å². The second kappa shape index (κ2) is 5.14. The third-order valence-corrected chi connectivity index (χ3v) is 4.11. The average molecular weight is 264 g/mol. The number of hydrogen-bond donors (Lipinski definition) is 1. The number of aryl methyl sites for hydroxylation is 1. The molecule has 1 aliphatic rings. The Kier molecular flexibility index (Phi) is 3.36. The molecule has 0 aromatic carbocycles. The quantitative estimate of drug-likeness (QED) is 0.860. The molecule has 18 heavy (non-hydrogen) atoms. The van der Waals surface area contributed by atoms with E-state index >= 15 is 0 Å². The van der Waals surface area contributed by atoms with E-state index < -0.39 is 0 Å². The summed E-state index contributed by atoms with van der Waals surface area (Å²) in [6.07, 6.45) is 5.09. The van der Waals surface area contributed by atoms with Gasteiger partial charge in [0.25, 0.3) is 0 Å². The normalized spacial score (nSPS) is 16.5. The lowest BCUT2D eigenvalue weighted by Crippen LogP contribution is -1.94. The maximum absolute atomic E-state index is 5.16. The van der Waals surface area contributed by atoms with Gasteiger partial charge in [0.15, 0.2) is 0 Å². The Morgan fingerprint density at radius 2 is 2.28 bits per heavy atom. The Balaban J connectivity index is 1.59. The van der Waals surface area contributed by atoms with E-state index in [2.05, 4.69) is 20.3 Å². The van der Waals surface area contributed by atoms with Gasteiger partial charge < -0.3 is 4.52 Å². The van der Waals surface area contributed by atoms with E-state index in [0.717, 1.165) is 28.2 Å². The highest BCUT2D eigenvalue weighted by Crippen LogP contribution is 2.32. The van der Waals surface area contributed by atoms with Gasteiger partial charge in [-0.15, -0.1) is 5.10 Å². The number of aromatic nitrogens is 4. The standard InChI is InChI=1S/C12H16N4OS/c1-8-6-10(17-16-8)7-18-12-13-11(14-15-12)9-4-2-3-5-9/h6,9H,2-5,7H2,1H3,(H,13,14,15). The van der Waals surface area contributed by atoms with E-state index in [9.17, 15) is 0 Å². The number of nitrogens with one attached hydrogen (secondary N) is 1. The van der Waals surface area contributed by atoms with E-state index in [1.807, 2.05) is 13.0 Å². The van der Waals surface area contributed by atoms with Gasteiger partial charge in [0.1, 0.15) is 11.6 Å². The van der Waals surface area contributed by atoms with E-state index in [-0.39, 0.29) is 0 Å². The Labute approximate surface area is 110 Å². The van der Waals surface area contributed by atoms with Crippen LogP contribution >= 0.6 is 11.8 Å². The molecule has 0 spiro atoms. The summed E-state index contributed by atoms with van der Waals surface area (Å²) < 4.78 is 5.16. The first-order chi connectivity index (χ1) is 8.81. The molecule has 0 atom stereocenters. The Bertz CT molecular complexity index is 516. The molecular weight excluding hydrogens is 248 g/mol. The molecule has 1 fully saturated rings. The van der Waals surface area contributed by atoms with Gasteiger partial charge in [-0.1, -0.05) is 29.8 Å². The fraction of sp³-hybridized carbons (Fsp3) is 0.583. The molecule has 3 rings (SSSR count). The second-order valence-electron chi connectivity index (χ2n) is 4.71. The third-order valence-electron chi connectivity index (χ3n) is 3.24. The first-order valence-corrected chi connectivity index (χ1v) is 7.27. The van der Waals surface area contributed by atoms with Gasteiger partial charge in [-0.25, -0.2) is 4.98 Å². The number of rotatable bonds is 4. The second-order valence-corrected chi connectivity index (χ2v) is 5.65. The van der Waals surface area contributed by atoms with Crippen molar-refractivity contribution in [1.82, 2.24) is 20.3 Å². The SMILES string of the molecule is Cc1cc(CSc2n[nH]c(C3CCCC3)n2)on1. The summed E-state index contributed by atoms with van der Waals surface area (Å²) in [4.78, 5) is 4.55. The van der Waals surface area contributed by atoms with Crippen molar-refractivity contribution in [3.05, 3.63) is 23.3 Å². The van der Waals surface area contributed by atoms with Crippen LogP contribution in [0.4, 0.5) is 0 Å². The van der Waals surface area contributed by atoms with Crippen molar-refractivity contribution in [2.45, 2.75) is 49.4 Å². The van der Waals surface area contributed by atoms with E-state index in [4.69, 9.17) is 4.52 Å². The van der Waals surface area contributed by atoms with Crippen LogP contribution in [0.5, 0.6) is 0 Å². The Morgan fingerprint density at radius 1 is 1.44 bits per heavy atom. The maximum Gasteiger partial charge on any atom is 0.208 e. The van der Waals surface area contributed by atoms with Crippen LogP contribution < -0.4 is 0 Å². The summed E-state index contributed by atoms with van der Waals surface area (Å²) >= 11 is 1.58. The van der Waals surface area contributed by atoms with Crippen molar-refractivity contribution in [1.29, 1.82) is 0 Å². The zero-order chi connectivity index (χ0) is 12.4. The van der Waals surface area contributed by atoms with Crippen molar-refractivity contribution in [3.63, 3.8) is 0 Å². The van der Waals surface area contributed by atoms with Crippen molar-refractivity contribution < 1.29 is 4.52 Å². The molecule has 2 heterocycles. The molecule has 1 aliphatic carbocycles. The molecule has 6 heteroatoms. The van der Waals surface area contributed by atoms with Gasteiger partial charge in [-0.05, 0) is 19.8 Å². The summed E-state index contributed by atoms with van der Waals surface area (Å²) in [5.41, 5.74) is 0.909. The molecule has 1 N–H and O–H groups in total.